The van der Waals surface area contributed by atoms with Crippen LogP contribution in [0.2, 0.25) is 0 Å². The molecule has 120 valence electrons. The monoisotopic (exact) mass is 373 g/mol. The van der Waals surface area contributed by atoms with Crippen molar-refractivity contribution in [2.24, 2.45) is 5.92 Å². The third-order valence-corrected chi connectivity index (χ3v) is 4.89. The van der Waals surface area contributed by atoms with E-state index in [0.29, 0.717) is 0 Å². The molecule has 1 amide bonds. The topological polar surface area (TPSA) is 29.5 Å². The number of carbonyl (C=O) groups excluding carboxylic acids is 1. The van der Waals surface area contributed by atoms with Gasteiger partial charge in [-0.1, -0.05) is 19.1 Å². The van der Waals surface area contributed by atoms with Gasteiger partial charge < -0.3 is 9.64 Å². The van der Waals surface area contributed by atoms with E-state index in [2.05, 4.69) is 22.9 Å². The van der Waals surface area contributed by atoms with Crippen LogP contribution in [0.5, 0.6) is 11.5 Å². The first-order valence-corrected chi connectivity index (χ1v) is 8.74. The molecule has 2 aromatic carbocycles. The van der Waals surface area contributed by atoms with E-state index in [1.54, 1.807) is 0 Å². The standard InChI is InChI=1S/C19H20BrNO2/c1-14-10-12-21(13-11-14)19(22)15-6-8-16(9-7-15)23-18-5-3-2-4-17(18)20/h2-9,14H,10-13H2,1H3. The molecular formula is C19H20BrNO2. The molecule has 1 aliphatic rings. The molecule has 0 saturated carbocycles. The van der Waals surface area contributed by atoms with Crippen LogP contribution in [0.4, 0.5) is 0 Å². The number of amides is 1. The van der Waals surface area contributed by atoms with Crippen molar-refractivity contribution >= 4 is 21.8 Å². The second-order valence-electron chi connectivity index (χ2n) is 6.03. The molecule has 0 spiro atoms. The zero-order chi connectivity index (χ0) is 16.2. The quantitative estimate of drug-likeness (QED) is 0.747. The molecule has 1 heterocycles. The summed E-state index contributed by atoms with van der Waals surface area (Å²) in [6, 6.07) is 15.1. The summed E-state index contributed by atoms with van der Waals surface area (Å²) in [6.45, 7) is 3.96. The molecule has 0 N–H and O–H groups in total. The predicted octanol–water partition coefficient (Wildman–Crippen LogP) is 5.11. The largest absolute Gasteiger partial charge is 0.456 e. The third kappa shape index (κ3) is 3.94. The summed E-state index contributed by atoms with van der Waals surface area (Å²) < 4.78 is 6.74. The number of carbonyl (C=O) groups is 1. The van der Waals surface area contributed by atoms with E-state index < -0.39 is 0 Å². The molecule has 1 saturated heterocycles. The van der Waals surface area contributed by atoms with Gasteiger partial charge in [-0.2, -0.15) is 0 Å². The summed E-state index contributed by atoms with van der Waals surface area (Å²) in [6.07, 6.45) is 2.18. The van der Waals surface area contributed by atoms with E-state index in [4.69, 9.17) is 4.74 Å². The molecule has 0 aliphatic carbocycles. The fraction of sp³-hybridized carbons (Fsp3) is 0.316. The molecule has 0 atom stereocenters. The Morgan fingerprint density at radius 1 is 1.09 bits per heavy atom. The number of rotatable bonds is 3. The number of hydrogen-bond acceptors (Lipinski definition) is 2. The zero-order valence-electron chi connectivity index (χ0n) is 13.2. The number of likely N-dealkylation sites (tertiary alicyclic amines) is 1. The summed E-state index contributed by atoms with van der Waals surface area (Å²) in [7, 11) is 0. The lowest BCUT2D eigenvalue weighted by atomic mass is 9.98. The van der Waals surface area contributed by atoms with Crippen molar-refractivity contribution in [3.05, 3.63) is 58.6 Å². The Labute approximate surface area is 145 Å². The van der Waals surface area contributed by atoms with E-state index in [1.165, 1.54) is 0 Å². The van der Waals surface area contributed by atoms with Crippen LogP contribution in [0.25, 0.3) is 0 Å². The normalized spacial score (nSPS) is 15.5. The smallest absolute Gasteiger partial charge is 0.253 e. The SMILES string of the molecule is CC1CCN(C(=O)c2ccc(Oc3ccccc3Br)cc2)CC1. The number of piperidine rings is 1. The van der Waals surface area contributed by atoms with E-state index >= 15 is 0 Å². The molecule has 0 aromatic heterocycles. The van der Waals surface area contributed by atoms with Crippen molar-refractivity contribution in [1.29, 1.82) is 0 Å². The maximum Gasteiger partial charge on any atom is 0.253 e. The molecular weight excluding hydrogens is 354 g/mol. The lowest BCUT2D eigenvalue weighted by molar-refractivity contribution is 0.0697. The molecule has 3 rings (SSSR count). The Bertz CT molecular complexity index is 676. The second kappa shape index (κ2) is 7.18. The van der Waals surface area contributed by atoms with Crippen LogP contribution >= 0.6 is 15.9 Å². The van der Waals surface area contributed by atoms with Crippen LogP contribution in [-0.4, -0.2) is 23.9 Å². The highest BCUT2D eigenvalue weighted by Crippen LogP contribution is 2.29. The summed E-state index contributed by atoms with van der Waals surface area (Å²) >= 11 is 3.46. The number of ether oxygens (including phenoxy) is 1. The summed E-state index contributed by atoms with van der Waals surface area (Å²) in [5.41, 5.74) is 0.721. The highest BCUT2D eigenvalue weighted by molar-refractivity contribution is 9.10. The second-order valence-corrected chi connectivity index (χ2v) is 6.89. The van der Waals surface area contributed by atoms with Crippen LogP contribution in [0.15, 0.2) is 53.0 Å². The Kier molecular flexibility index (Phi) is 5.01. The predicted molar refractivity (Wildman–Crippen MR) is 95.0 cm³/mol. The highest BCUT2D eigenvalue weighted by atomic mass is 79.9. The van der Waals surface area contributed by atoms with E-state index in [1.807, 2.05) is 53.4 Å². The maximum absolute atomic E-state index is 12.5. The van der Waals surface area contributed by atoms with Gasteiger partial charge in [-0.25, -0.2) is 0 Å². The minimum atomic E-state index is 0.115. The van der Waals surface area contributed by atoms with Crippen molar-refractivity contribution in [3.63, 3.8) is 0 Å². The minimum absolute atomic E-state index is 0.115. The number of nitrogens with zero attached hydrogens (tertiary/aromatic N) is 1. The number of halogens is 1. The molecule has 0 unspecified atom stereocenters. The number of para-hydroxylation sites is 1. The van der Waals surface area contributed by atoms with Crippen LogP contribution in [-0.2, 0) is 0 Å². The van der Waals surface area contributed by atoms with Gasteiger partial charge in [-0.05, 0) is 71.1 Å². The summed E-state index contributed by atoms with van der Waals surface area (Å²) in [5, 5.41) is 0. The first kappa shape index (κ1) is 16.1. The minimum Gasteiger partial charge on any atom is -0.456 e. The molecule has 4 heteroatoms. The summed E-state index contributed by atoms with van der Waals surface area (Å²) in [4.78, 5) is 14.5. The Morgan fingerprint density at radius 3 is 2.39 bits per heavy atom. The van der Waals surface area contributed by atoms with Crippen LogP contribution in [0.3, 0.4) is 0 Å². The van der Waals surface area contributed by atoms with Crippen molar-refractivity contribution < 1.29 is 9.53 Å². The molecule has 23 heavy (non-hydrogen) atoms. The van der Waals surface area contributed by atoms with Crippen molar-refractivity contribution in [1.82, 2.24) is 4.90 Å². The Morgan fingerprint density at radius 2 is 1.74 bits per heavy atom. The fourth-order valence-corrected chi connectivity index (χ4v) is 3.08. The highest BCUT2D eigenvalue weighted by Gasteiger charge is 2.21. The molecule has 2 aromatic rings. The van der Waals surface area contributed by atoms with Crippen LogP contribution in [0.1, 0.15) is 30.1 Å². The van der Waals surface area contributed by atoms with Gasteiger partial charge in [-0.3, -0.25) is 4.79 Å². The molecule has 0 radical (unpaired) electrons. The van der Waals surface area contributed by atoms with Gasteiger partial charge in [0.15, 0.2) is 0 Å². The van der Waals surface area contributed by atoms with Gasteiger partial charge in [-0.15, -0.1) is 0 Å². The average Bonchev–Trinajstić information content (AvgIpc) is 2.58. The van der Waals surface area contributed by atoms with Crippen LogP contribution < -0.4 is 4.74 Å². The fourth-order valence-electron chi connectivity index (χ4n) is 2.71. The average molecular weight is 374 g/mol. The van der Waals surface area contributed by atoms with E-state index in [0.717, 1.165) is 53.4 Å². The third-order valence-electron chi connectivity index (χ3n) is 4.24. The number of benzene rings is 2. The molecule has 0 bridgehead atoms. The Balaban J connectivity index is 1.67. The molecule has 3 nitrogen and oxygen atoms in total. The lowest BCUT2D eigenvalue weighted by Gasteiger charge is -2.30. The van der Waals surface area contributed by atoms with Gasteiger partial charge in [0.25, 0.3) is 5.91 Å². The number of hydrogen-bond donors (Lipinski definition) is 0. The van der Waals surface area contributed by atoms with Crippen LogP contribution in [0, 0.1) is 5.92 Å². The first-order valence-electron chi connectivity index (χ1n) is 7.95. The van der Waals surface area contributed by atoms with Gasteiger partial charge in [0.2, 0.25) is 0 Å². The van der Waals surface area contributed by atoms with Gasteiger partial charge in [0.05, 0.1) is 4.47 Å². The summed E-state index contributed by atoms with van der Waals surface area (Å²) in [5.74, 6) is 2.32. The molecule has 1 aliphatic heterocycles. The van der Waals surface area contributed by atoms with Crippen molar-refractivity contribution in [2.75, 3.05) is 13.1 Å². The Hall–Kier alpha value is -1.81. The maximum atomic E-state index is 12.5. The lowest BCUT2D eigenvalue weighted by Crippen LogP contribution is -2.37. The van der Waals surface area contributed by atoms with Gasteiger partial charge in [0.1, 0.15) is 11.5 Å². The van der Waals surface area contributed by atoms with E-state index in [9.17, 15) is 4.79 Å². The van der Waals surface area contributed by atoms with Crippen molar-refractivity contribution in [3.8, 4) is 11.5 Å². The van der Waals surface area contributed by atoms with E-state index in [-0.39, 0.29) is 5.91 Å². The van der Waals surface area contributed by atoms with Gasteiger partial charge in [0, 0.05) is 18.7 Å². The van der Waals surface area contributed by atoms with Gasteiger partial charge >= 0.3 is 0 Å². The zero-order valence-corrected chi connectivity index (χ0v) is 14.8. The van der Waals surface area contributed by atoms with Crippen molar-refractivity contribution in [2.45, 2.75) is 19.8 Å². The molecule has 1 fully saturated rings. The first-order chi connectivity index (χ1) is 11.1.